The third-order valence-corrected chi connectivity index (χ3v) is 3.30. The molecule has 5 heteroatoms. The highest BCUT2D eigenvalue weighted by Gasteiger charge is 2.08. The van der Waals surface area contributed by atoms with Gasteiger partial charge in [0.15, 0.2) is 0 Å². The molecule has 1 saturated heterocycles. The molecule has 0 radical (unpaired) electrons. The smallest absolute Gasteiger partial charge is 0.0594 e. The van der Waals surface area contributed by atoms with Crippen LogP contribution in [0.15, 0.2) is 36.4 Å². The van der Waals surface area contributed by atoms with Gasteiger partial charge in [-0.2, -0.15) is 0 Å². The van der Waals surface area contributed by atoms with E-state index in [2.05, 4.69) is 46.6 Å². The van der Waals surface area contributed by atoms with Gasteiger partial charge in [0.2, 0.25) is 0 Å². The maximum absolute atomic E-state index is 5.33. The average Bonchev–Trinajstić information content (AvgIpc) is 2.48. The summed E-state index contributed by atoms with van der Waals surface area (Å²) in [6, 6.07) is 10.4. The van der Waals surface area contributed by atoms with Crippen LogP contribution in [0.1, 0.15) is 12.0 Å². The van der Waals surface area contributed by atoms with Gasteiger partial charge in [-0.15, -0.1) is 24.8 Å². The van der Waals surface area contributed by atoms with Crippen molar-refractivity contribution in [2.45, 2.75) is 6.42 Å². The summed E-state index contributed by atoms with van der Waals surface area (Å²) in [5.74, 6) is 0. The van der Waals surface area contributed by atoms with Gasteiger partial charge in [0.1, 0.15) is 0 Å². The minimum atomic E-state index is 0. The van der Waals surface area contributed by atoms with Gasteiger partial charge in [-0.1, -0.05) is 42.5 Å². The zero-order valence-corrected chi connectivity index (χ0v) is 14.0. The summed E-state index contributed by atoms with van der Waals surface area (Å²) in [4.78, 5) is 2.48. The van der Waals surface area contributed by atoms with Crippen LogP contribution in [0.5, 0.6) is 0 Å². The fourth-order valence-electron chi connectivity index (χ4n) is 2.20. The summed E-state index contributed by atoms with van der Waals surface area (Å²) in [5.41, 5.74) is 1.26. The van der Waals surface area contributed by atoms with E-state index in [0.29, 0.717) is 0 Å². The Morgan fingerprint density at radius 2 is 1.81 bits per heavy atom. The molecular weight excluding hydrogens is 307 g/mol. The molecule has 1 heterocycles. The molecule has 0 bridgehead atoms. The van der Waals surface area contributed by atoms with E-state index < -0.39 is 0 Å². The van der Waals surface area contributed by atoms with Gasteiger partial charge in [-0.3, -0.25) is 4.90 Å². The largest absolute Gasteiger partial charge is 0.379 e. The second kappa shape index (κ2) is 13.1. The molecule has 1 aromatic carbocycles. The highest BCUT2D eigenvalue weighted by Crippen LogP contribution is 2.00. The van der Waals surface area contributed by atoms with Crippen molar-refractivity contribution in [3.8, 4) is 0 Å². The maximum atomic E-state index is 5.33. The van der Waals surface area contributed by atoms with E-state index >= 15 is 0 Å². The number of hydrogen-bond acceptors (Lipinski definition) is 3. The van der Waals surface area contributed by atoms with Crippen molar-refractivity contribution in [3.05, 3.63) is 42.0 Å². The second-order valence-corrected chi connectivity index (χ2v) is 4.82. The summed E-state index contributed by atoms with van der Waals surface area (Å²) in [6.07, 6.45) is 5.55. The number of halogens is 2. The molecule has 1 aliphatic heterocycles. The van der Waals surface area contributed by atoms with Crippen LogP contribution in [-0.4, -0.2) is 50.8 Å². The Balaban J connectivity index is 0.00000200. The lowest BCUT2D eigenvalue weighted by molar-refractivity contribution is 0.0375. The third kappa shape index (κ3) is 9.12. The normalized spacial score (nSPS) is 15.4. The maximum Gasteiger partial charge on any atom is 0.0594 e. The van der Waals surface area contributed by atoms with E-state index in [1.807, 2.05) is 6.07 Å². The summed E-state index contributed by atoms with van der Waals surface area (Å²) in [7, 11) is 0. The van der Waals surface area contributed by atoms with Crippen molar-refractivity contribution < 1.29 is 4.74 Å². The molecule has 1 aliphatic rings. The predicted molar refractivity (Wildman–Crippen MR) is 94.7 cm³/mol. The molecule has 2 rings (SSSR count). The lowest BCUT2D eigenvalue weighted by atomic mass is 10.2. The quantitative estimate of drug-likeness (QED) is 0.777. The highest BCUT2D eigenvalue weighted by atomic mass is 35.5. The Bertz CT molecular complexity index is 368. The van der Waals surface area contributed by atoms with E-state index in [-0.39, 0.29) is 24.8 Å². The lowest BCUT2D eigenvalue weighted by Crippen LogP contribution is -2.37. The van der Waals surface area contributed by atoms with E-state index in [1.54, 1.807) is 0 Å². The topological polar surface area (TPSA) is 24.5 Å². The zero-order valence-electron chi connectivity index (χ0n) is 12.4. The Hall–Kier alpha value is -0.580. The van der Waals surface area contributed by atoms with Gasteiger partial charge in [-0.05, 0) is 25.1 Å². The van der Waals surface area contributed by atoms with Gasteiger partial charge in [0.25, 0.3) is 0 Å². The second-order valence-electron chi connectivity index (χ2n) is 4.82. The molecular formula is C16H26Cl2N2O. The molecule has 1 fully saturated rings. The standard InChI is InChI=1S/C16H24N2O.2ClH/c1-2-6-16(7-3-1)8-4-9-17-10-5-11-18-12-14-19-15-13-18;;/h1-4,6-8,17H,5,9-15H2;2*1H/b8-4+;;. The molecule has 0 saturated carbocycles. The van der Waals surface area contributed by atoms with Crippen LogP contribution < -0.4 is 5.32 Å². The molecule has 1 N–H and O–H groups in total. The third-order valence-electron chi connectivity index (χ3n) is 3.30. The van der Waals surface area contributed by atoms with Crippen molar-refractivity contribution in [1.29, 1.82) is 0 Å². The van der Waals surface area contributed by atoms with Gasteiger partial charge in [0, 0.05) is 19.6 Å². The van der Waals surface area contributed by atoms with Crippen molar-refractivity contribution in [3.63, 3.8) is 0 Å². The summed E-state index contributed by atoms with van der Waals surface area (Å²) < 4.78 is 5.33. The van der Waals surface area contributed by atoms with Crippen molar-refractivity contribution >= 4 is 30.9 Å². The Morgan fingerprint density at radius 1 is 1.10 bits per heavy atom. The van der Waals surface area contributed by atoms with Gasteiger partial charge < -0.3 is 10.1 Å². The van der Waals surface area contributed by atoms with Crippen LogP contribution in [-0.2, 0) is 4.74 Å². The van der Waals surface area contributed by atoms with Crippen LogP contribution in [0.25, 0.3) is 6.08 Å². The van der Waals surface area contributed by atoms with Crippen molar-refractivity contribution in [1.82, 2.24) is 10.2 Å². The van der Waals surface area contributed by atoms with E-state index in [4.69, 9.17) is 4.74 Å². The molecule has 0 atom stereocenters. The molecule has 0 aliphatic carbocycles. The van der Waals surface area contributed by atoms with Gasteiger partial charge >= 0.3 is 0 Å². The molecule has 0 aromatic heterocycles. The molecule has 0 spiro atoms. The van der Waals surface area contributed by atoms with E-state index in [9.17, 15) is 0 Å². The molecule has 0 unspecified atom stereocenters. The first kappa shape index (κ1) is 20.4. The van der Waals surface area contributed by atoms with Crippen molar-refractivity contribution in [2.75, 3.05) is 45.9 Å². The number of nitrogens with zero attached hydrogens (tertiary/aromatic N) is 1. The monoisotopic (exact) mass is 332 g/mol. The minimum absolute atomic E-state index is 0. The SMILES string of the molecule is C(=C\c1ccccc1)/CNCCCN1CCOCC1.Cl.Cl. The summed E-state index contributed by atoms with van der Waals surface area (Å²) >= 11 is 0. The molecule has 21 heavy (non-hydrogen) atoms. The summed E-state index contributed by atoms with van der Waals surface area (Å²) in [5, 5.41) is 3.45. The number of ether oxygens (including phenoxy) is 1. The fourth-order valence-corrected chi connectivity index (χ4v) is 2.20. The number of benzene rings is 1. The fraction of sp³-hybridized carbons (Fsp3) is 0.500. The number of rotatable bonds is 7. The first-order chi connectivity index (χ1) is 9.45. The highest BCUT2D eigenvalue weighted by molar-refractivity contribution is 5.85. The molecule has 3 nitrogen and oxygen atoms in total. The van der Waals surface area contributed by atoms with Crippen LogP contribution in [0.3, 0.4) is 0 Å². The Labute approximate surface area is 140 Å². The van der Waals surface area contributed by atoms with Crippen LogP contribution in [0.2, 0.25) is 0 Å². The van der Waals surface area contributed by atoms with Crippen LogP contribution in [0, 0.1) is 0 Å². The van der Waals surface area contributed by atoms with Gasteiger partial charge in [0.05, 0.1) is 13.2 Å². The minimum Gasteiger partial charge on any atom is -0.379 e. The lowest BCUT2D eigenvalue weighted by Gasteiger charge is -2.26. The first-order valence-electron chi connectivity index (χ1n) is 7.17. The number of hydrogen-bond donors (Lipinski definition) is 1. The van der Waals surface area contributed by atoms with E-state index in [1.165, 1.54) is 18.5 Å². The zero-order chi connectivity index (χ0) is 13.2. The van der Waals surface area contributed by atoms with Crippen molar-refractivity contribution in [2.24, 2.45) is 0 Å². The Morgan fingerprint density at radius 3 is 2.52 bits per heavy atom. The number of nitrogens with one attached hydrogen (secondary N) is 1. The molecule has 1 aromatic rings. The summed E-state index contributed by atoms with van der Waals surface area (Å²) in [6.45, 7) is 7.18. The van der Waals surface area contributed by atoms with Crippen LogP contribution >= 0.6 is 24.8 Å². The molecule has 0 amide bonds. The molecule has 120 valence electrons. The van der Waals surface area contributed by atoms with Crippen LogP contribution in [0.4, 0.5) is 0 Å². The first-order valence-corrected chi connectivity index (χ1v) is 7.17. The average molecular weight is 333 g/mol. The number of morpholine rings is 1. The Kier molecular flexibility index (Phi) is 12.7. The van der Waals surface area contributed by atoms with Gasteiger partial charge in [-0.25, -0.2) is 0 Å². The predicted octanol–water partition coefficient (Wildman–Crippen LogP) is 2.86. The van der Waals surface area contributed by atoms with E-state index in [0.717, 1.165) is 39.4 Å².